The number of thioether (sulfide) groups is 1. The highest BCUT2D eigenvalue weighted by molar-refractivity contribution is 7.99. The third-order valence-corrected chi connectivity index (χ3v) is 4.51. The van der Waals surface area contributed by atoms with Crippen LogP contribution in [0.1, 0.15) is 19.3 Å². The third kappa shape index (κ3) is 3.18. The molecule has 7 heteroatoms. The Balaban J connectivity index is 1.43. The number of unbranched alkanes of at least 4 members (excludes halogenated alkanes) is 1. The molecule has 3 amide bonds. The van der Waals surface area contributed by atoms with E-state index in [-0.39, 0.29) is 18.0 Å². The fourth-order valence-electron chi connectivity index (χ4n) is 2.33. The second-order valence-corrected chi connectivity index (χ2v) is 5.99. The summed E-state index contributed by atoms with van der Waals surface area (Å²) in [5, 5.41) is 6.02. The predicted octanol–water partition coefficient (Wildman–Crippen LogP) is 1.80. The van der Waals surface area contributed by atoms with E-state index in [1.165, 1.54) is 0 Å². The summed E-state index contributed by atoms with van der Waals surface area (Å²) >= 11 is 1.77. The molecule has 3 heterocycles. The summed E-state index contributed by atoms with van der Waals surface area (Å²) < 4.78 is 2.06. The van der Waals surface area contributed by atoms with Crippen LogP contribution in [-0.4, -0.2) is 33.1 Å². The highest BCUT2D eigenvalue weighted by Crippen LogP contribution is 2.21. The van der Waals surface area contributed by atoms with E-state index in [9.17, 15) is 9.59 Å². The number of fused-ring (bicyclic) bond motifs is 1. The Labute approximate surface area is 126 Å². The van der Waals surface area contributed by atoms with Gasteiger partial charge in [0.25, 0.3) is 5.91 Å². The van der Waals surface area contributed by atoms with Crippen LogP contribution < -0.4 is 10.6 Å². The lowest BCUT2D eigenvalue weighted by molar-refractivity contribution is -0.120. The number of pyridine rings is 1. The Hall–Kier alpha value is -2.02. The minimum Gasteiger partial charge on any atom is -0.326 e. The minimum absolute atomic E-state index is 0.212. The van der Waals surface area contributed by atoms with Gasteiger partial charge >= 0.3 is 6.03 Å². The smallest absolute Gasteiger partial charge is 0.322 e. The van der Waals surface area contributed by atoms with E-state index in [0.717, 1.165) is 29.3 Å². The van der Waals surface area contributed by atoms with Crippen molar-refractivity contribution < 1.29 is 9.59 Å². The summed E-state index contributed by atoms with van der Waals surface area (Å²) in [5.41, 5.74) is 0.949. The molecule has 1 saturated heterocycles. The van der Waals surface area contributed by atoms with Crippen molar-refractivity contribution in [2.45, 2.75) is 30.3 Å². The zero-order chi connectivity index (χ0) is 14.7. The fourth-order valence-corrected chi connectivity index (χ4v) is 3.35. The molecule has 21 heavy (non-hydrogen) atoms. The van der Waals surface area contributed by atoms with E-state index in [4.69, 9.17) is 0 Å². The van der Waals surface area contributed by atoms with Gasteiger partial charge in [-0.2, -0.15) is 0 Å². The molecule has 3 rings (SSSR count). The average molecular weight is 304 g/mol. The maximum absolute atomic E-state index is 11.4. The Kier molecular flexibility index (Phi) is 4.10. The lowest BCUT2D eigenvalue weighted by Gasteiger charge is -2.07. The predicted molar refractivity (Wildman–Crippen MR) is 80.2 cm³/mol. The number of amides is 3. The van der Waals surface area contributed by atoms with Crippen LogP contribution in [0.2, 0.25) is 0 Å². The van der Waals surface area contributed by atoms with Gasteiger partial charge in [0.15, 0.2) is 0 Å². The first-order chi connectivity index (χ1) is 10.2. The molecular weight excluding hydrogens is 288 g/mol. The molecule has 2 N–H and O–H groups in total. The molecule has 0 saturated carbocycles. The maximum Gasteiger partial charge on any atom is 0.322 e. The van der Waals surface area contributed by atoms with Crippen LogP contribution >= 0.6 is 11.8 Å². The van der Waals surface area contributed by atoms with Gasteiger partial charge in [-0.05, 0) is 30.7 Å². The summed E-state index contributed by atoms with van der Waals surface area (Å²) in [7, 11) is 0. The van der Waals surface area contributed by atoms with Crippen LogP contribution in [0, 0.1) is 0 Å². The Morgan fingerprint density at radius 2 is 2.19 bits per heavy atom. The number of hydrogen-bond donors (Lipinski definition) is 2. The van der Waals surface area contributed by atoms with Crippen molar-refractivity contribution in [1.82, 2.24) is 20.0 Å². The Morgan fingerprint density at radius 3 is 3.00 bits per heavy atom. The first-order valence-electron chi connectivity index (χ1n) is 6.90. The van der Waals surface area contributed by atoms with Gasteiger partial charge in [0.05, 0.1) is 5.03 Å². The maximum atomic E-state index is 11.4. The zero-order valence-corrected chi connectivity index (χ0v) is 12.2. The number of aromatic nitrogens is 2. The number of nitrogens with zero attached hydrogens (tertiary/aromatic N) is 2. The monoisotopic (exact) mass is 304 g/mol. The first-order valence-corrected chi connectivity index (χ1v) is 7.89. The molecule has 2 aromatic rings. The normalized spacial score (nSPS) is 18.0. The van der Waals surface area contributed by atoms with E-state index in [1.54, 1.807) is 18.0 Å². The van der Waals surface area contributed by atoms with Crippen molar-refractivity contribution in [3.63, 3.8) is 0 Å². The molecule has 0 spiro atoms. The highest BCUT2D eigenvalue weighted by Gasteiger charge is 2.28. The second kappa shape index (κ2) is 6.17. The number of imide groups is 1. The number of carbonyl (C=O) groups excluding carboxylic acids is 2. The largest absolute Gasteiger partial charge is 0.326 e. The lowest BCUT2D eigenvalue weighted by Crippen LogP contribution is -2.28. The van der Waals surface area contributed by atoms with Crippen LogP contribution in [0.4, 0.5) is 4.79 Å². The molecule has 0 radical (unpaired) electrons. The van der Waals surface area contributed by atoms with Gasteiger partial charge in [0.1, 0.15) is 11.7 Å². The van der Waals surface area contributed by atoms with E-state index in [0.29, 0.717) is 6.42 Å². The van der Waals surface area contributed by atoms with Crippen molar-refractivity contribution in [1.29, 1.82) is 0 Å². The van der Waals surface area contributed by atoms with E-state index in [2.05, 4.69) is 26.1 Å². The van der Waals surface area contributed by atoms with Gasteiger partial charge in [-0.25, -0.2) is 9.78 Å². The highest BCUT2D eigenvalue weighted by atomic mass is 32.2. The fraction of sp³-hybridized carbons (Fsp3) is 0.357. The molecule has 1 aliphatic rings. The molecule has 2 aromatic heterocycles. The van der Waals surface area contributed by atoms with Gasteiger partial charge in [0.2, 0.25) is 0 Å². The topological polar surface area (TPSA) is 75.5 Å². The Morgan fingerprint density at radius 1 is 1.29 bits per heavy atom. The van der Waals surface area contributed by atoms with Crippen molar-refractivity contribution in [2.24, 2.45) is 0 Å². The van der Waals surface area contributed by atoms with Crippen LogP contribution in [-0.2, 0) is 4.79 Å². The van der Waals surface area contributed by atoms with E-state index >= 15 is 0 Å². The molecule has 0 bridgehead atoms. The molecule has 110 valence electrons. The van der Waals surface area contributed by atoms with Gasteiger partial charge in [0, 0.05) is 12.4 Å². The van der Waals surface area contributed by atoms with Crippen LogP contribution in [0.15, 0.2) is 35.6 Å². The van der Waals surface area contributed by atoms with Crippen LogP contribution in [0.3, 0.4) is 0 Å². The quantitative estimate of drug-likeness (QED) is 0.485. The second-order valence-electron chi connectivity index (χ2n) is 4.88. The number of hydrogen-bond acceptors (Lipinski definition) is 4. The Bertz CT molecular complexity index is 670. The van der Waals surface area contributed by atoms with E-state index < -0.39 is 0 Å². The number of urea groups is 1. The van der Waals surface area contributed by atoms with Gasteiger partial charge in [-0.3, -0.25) is 14.5 Å². The molecule has 1 fully saturated rings. The van der Waals surface area contributed by atoms with Crippen LogP contribution in [0.25, 0.3) is 5.65 Å². The standard InChI is InChI=1S/C14H16N4O2S/c19-13-10(16-14(20)17-13)4-1-2-9-21-12-6-3-5-11-15-7-8-18(11)12/h3,5-8,10H,1-2,4,9H2,(H2,16,17,19,20). The summed E-state index contributed by atoms with van der Waals surface area (Å²) in [5.74, 6) is 0.760. The number of imidazole rings is 1. The molecule has 1 aliphatic heterocycles. The summed E-state index contributed by atoms with van der Waals surface area (Å²) in [6.07, 6.45) is 6.34. The van der Waals surface area contributed by atoms with Crippen molar-refractivity contribution in [3.05, 3.63) is 30.6 Å². The molecular formula is C14H16N4O2S. The lowest BCUT2D eigenvalue weighted by atomic mass is 10.1. The average Bonchev–Trinajstić information content (AvgIpc) is 3.05. The number of rotatable bonds is 6. The number of carbonyl (C=O) groups is 2. The molecule has 0 aliphatic carbocycles. The van der Waals surface area contributed by atoms with Crippen molar-refractivity contribution >= 4 is 29.3 Å². The van der Waals surface area contributed by atoms with Crippen LogP contribution in [0.5, 0.6) is 0 Å². The van der Waals surface area contributed by atoms with Crippen molar-refractivity contribution in [3.8, 4) is 0 Å². The molecule has 6 nitrogen and oxygen atoms in total. The zero-order valence-electron chi connectivity index (χ0n) is 11.4. The number of nitrogens with one attached hydrogen (secondary N) is 2. The summed E-state index contributed by atoms with van der Waals surface area (Å²) in [4.78, 5) is 26.6. The molecule has 1 unspecified atom stereocenters. The molecule has 0 aromatic carbocycles. The third-order valence-electron chi connectivity index (χ3n) is 3.39. The molecule has 1 atom stereocenters. The van der Waals surface area contributed by atoms with Crippen molar-refractivity contribution in [2.75, 3.05) is 5.75 Å². The summed E-state index contributed by atoms with van der Waals surface area (Å²) in [6.45, 7) is 0. The minimum atomic E-state index is -0.383. The first kappa shape index (κ1) is 13.9. The summed E-state index contributed by atoms with van der Waals surface area (Å²) in [6, 6.07) is 5.31. The van der Waals surface area contributed by atoms with E-state index in [1.807, 2.05) is 18.3 Å². The van der Waals surface area contributed by atoms with Gasteiger partial charge in [-0.15, -0.1) is 11.8 Å². The SMILES string of the molecule is O=C1NC(=O)C(CCCCSc2cccc3nccn23)N1. The van der Waals surface area contributed by atoms with Gasteiger partial charge in [-0.1, -0.05) is 12.5 Å². The van der Waals surface area contributed by atoms with Gasteiger partial charge < -0.3 is 5.32 Å².